The lowest BCUT2D eigenvalue weighted by Gasteiger charge is -2.28. The minimum atomic E-state index is -0.384. The molecular weight excluding hydrogens is 332 g/mol. The Labute approximate surface area is 155 Å². The van der Waals surface area contributed by atoms with Gasteiger partial charge in [-0.05, 0) is 45.2 Å². The molecule has 0 spiro atoms. The molecule has 1 heterocycles. The molecule has 26 heavy (non-hydrogen) atoms. The van der Waals surface area contributed by atoms with Crippen molar-refractivity contribution in [3.8, 4) is 0 Å². The van der Waals surface area contributed by atoms with Crippen LogP contribution in [-0.4, -0.2) is 50.1 Å². The standard InChI is InChI=1S/C19H30N4O3/c1-3-21(4-2)12-8-11-20-19(24)16-9-10-17(18(15-16)23(25)26)22-13-6-5-7-14-22/h9-10,15H,3-8,11-14H2,1-2H3,(H,20,24)/p+1. The maximum Gasteiger partial charge on any atom is 0.293 e. The van der Waals surface area contributed by atoms with Gasteiger partial charge in [-0.15, -0.1) is 0 Å². The number of amides is 1. The molecule has 2 rings (SSSR count). The van der Waals surface area contributed by atoms with Crippen LogP contribution >= 0.6 is 0 Å². The third-order valence-electron chi connectivity index (χ3n) is 5.12. The fourth-order valence-electron chi connectivity index (χ4n) is 3.46. The number of nitro benzene ring substituents is 1. The SMILES string of the molecule is CC[NH+](CC)CCCNC(=O)c1ccc(N2CCCCC2)c([N+](=O)[O-])c1. The van der Waals surface area contributed by atoms with Crippen LogP contribution in [0.25, 0.3) is 0 Å². The molecule has 1 saturated heterocycles. The number of nitrogens with zero attached hydrogens (tertiary/aromatic N) is 2. The number of nitrogens with one attached hydrogen (secondary N) is 2. The van der Waals surface area contributed by atoms with Gasteiger partial charge in [0.15, 0.2) is 0 Å². The zero-order chi connectivity index (χ0) is 18.9. The van der Waals surface area contributed by atoms with E-state index in [4.69, 9.17) is 0 Å². The first-order chi connectivity index (χ1) is 12.6. The van der Waals surface area contributed by atoms with E-state index in [9.17, 15) is 14.9 Å². The van der Waals surface area contributed by atoms with E-state index in [1.165, 1.54) is 17.4 Å². The van der Waals surface area contributed by atoms with Crippen molar-refractivity contribution in [1.29, 1.82) is 0 Å². The first-order valence-electron chi connectivity index (χ1n) is 9.72. The Balaban J connectivity index is 1.99. The number of carbonyl (C=O) groups is 1. The zero-order valence-electron chi connectivity index (χ0n) is 15.9. The topological polar surface area (TPSA) is 79.9 Å². The van der Waals surface area contributed by atoms with Crippen molar-refractivity contribution < 1.29 is 14.6 Å². The van der Waals surface area contributed by atoms with E-state index in [0.717, 1.165) is 52.0 Å². The van der Waals surface area contributed by atoms with E-state index in [2.05, 4.69) is 24.1 Å². The van der Waals surface area contributed by atoms with E-state index >= 15 is 0 Å². The van der Waals surface area contributed by atoms with E-state index in [-0.39, 0.29) is 16.5 Å². The summed E-state index contributed by atoms with van der Waals surface area (Å²) in [5, 5.41) is 14.4. The average molecular weight is 363 g/mol. The number of anilines is 1. The van der Waals surface area contributed by atoms with Gasteiger partial charge in [0.2, 0.25) is 0 Å². The first-order valence-corrected chi connectivity index (χ1v) is 9.72. The molecule has 7 heteroatoms. The fourth-order valence-corrected chi connectivity index (χ4v) is 3.46. The summed E-state index contributed by atoms with van der Waals surface area (Å²) < 4.78 is 0. The van der Waals surface area contributed by atoms with Crippen LogP contribution in [-0.2, 0) is 0 Å². The summed E-state index contributed by atoms with van der Waals surface area (Å²) in [5.74, 6) is -0.243. The molecule has 0 unspecified atom stereocenters. The van der Waals surface area contributed by atoms with Crippen LogP contribution in [0.15, 0.2) is 18.2 Å². The van der Waals surface area contributed by atoms with Gasteiger partial charge in [-0.25, -0.2) is 0 Å². The number of carbonyl (C=O) groups excluding carboxylic acids is 1. The summed E-state index contributed by atoms with van der Waals surface area (Å²) in [6.07, 6.45) is 4.17. The largest absolute Gasteiger partial charge is 0.366 e. The third-order valence-corrected chi connectivity index (χ3v) is 5.12. The van der Waals surface area contributed by atoms with Crippen LogP contribution in [0, 0.1) is 10.1 Å². The van der Waals surface area contributed by atoms with Crippen molar-refractivity contribution >= 4 is 17.3 Å². The fraction of sp³-hybridized carbons (Fsp3) is 0.632. The molecule has 0 radical (unpaired) electrons. The summed E-state index contributed by atoms with van der Waals surface area (Å²) in [6.45, 7) is 9.73. The van der Waals surface area contributed by atoms with Gasteiger partial charge in [-0.3, -0.25) is 14.9 Å². The van der Waals surface area contributed by atoms with Gasteiger partial charge in [-0.1, -0.05) is 0 Å². The van der Waals surface area contributed by atoms with Crippen LogP contribution in [0.2, 0.25) is 0 Å². The Bertz CT molecular complexity index is 611. The summed E-state index contributed by atoms with van der Waals surface area (Å²) in [6, 6.07) is 4.83. The second-order valence-electron chi connectivity index (χ2n) is 6.82. The number of nitro groups is 1. The van der Waals surface area contributed by atoms with E-state index in [1.54, 1.807) is 12.1 Å². The zero-order valence-corrected chi connectivity index (χ0v) is 15.9. The van der Waals surface area contributed by atoms with Gasteiger partial charge in [0, 0.05) is 37.7 Å². The normalized spacial score (nSPS) is 14.5. The van der Waals surface area contributed by atoms with Gasteiger partial charge in [0.05, 0.1) is 24.6 Å². The molecule has 2 N–H and O–H groups in total. The smallest absolute Gasteiger partial charge is 0.293 e. The Morgan fingerprint density at radius 2 is 1.92 bits per heavy atom. The molecule has 0 bridgehead atoms. The lowest BCUT2D eigenvalue weighted by molar-refractivity contribution is -0.896. The molecule has 7 nitrogen and oxygen atoms in total. The number of rotatable bonds is 9. The van der Waals surface area contributed by atoms with Gasteiger partial charge >= 0.3 is 0 Å². The van der Waals surface area contributed by atoms with Crippen molar-refractivity contribution in [3.05, 3.63) is 33.9 Å². The van der Waals surface area contributed by atoms with Crippen molar-refractivity contribution in [2.45, 2.75) is 39.5 Å². The molecule has 1 amide bonds. The minimum Gasteiger partial charge on any atom is -0.366 e. The minimum absolute atomic E-state index is 0.0205. The number of hydrogen-bond donors (Lipinski definition) is 2. The first kappa shape index (κ1) is 20.2. The summed E-state index contributed by atoms with van der Waals surface area (Å²) >= 11 is 0. The molecule has 144 valence electrons. The highest BCUT2D eigenvalue weighted by atomic mass is 16.6. The second kappa shape index (κ2) is 10.1. The van der Waals surface area contributed by atoms with E-state index in [0.29, 0.717) is 17.8 Å². The van der Waals surface area contributed by atoms with Gasteiger partial charge in [0.25, 0.3) is 11.6 Å². The Kier molecular flexibility index (Phi) is 7.84. The van der Waals surface area contributed by atoms with Crippen molar-refractivity contribution in [2.24, 2.45) is 0 Å². The third kappa shape index (κ3) is 5.42. The second-order valence-corrected chi connectivity index (χ2v) is 6.82. The molecule has 0 saturated carbocycles. The van der Waals surface area contributed by atoms with Gasteiger partial charge < -0.3 is 15.1 Å². The average Bonchev–Trinajstić information content (AvgIpc) is 2.68. The van der Waals surface area contributed by atoms with Crippen LogP contribution < -0.4 is 15.1 Å². The monoisotopic (exact) mass is 363 g/mol. The molecule has 1 aliphatic heterocycles. The van der Waals surface area contributed by atoms with Gasteiger partial charge in [-0.2, -0.15) is 0 Å². The molecule has 0 aliphatic carbocycles. The van der Waals surface area contributed by atoms with Crippen LogP contribution in [0.1, 0.15) is 49.9 Å². The highest BCUT2D eigenvalue weighted by Gasteiger charge is 2.23. The molecule has 1 aliphatic rings. The Hall–Kier alpha value is -2.15. The molecule has 0 aromatic heterocycles. The van der Waals surface area contributed by atoms with Crippen LogP contribution in [0.5, 0.6) is 0 Å². The summed E-state index contributed by atoms with van der Waals surface area (Å²) in [4.78, 5) is 27.0. The molecular formula is C19H31N4O3+. The summed E-state index contributed by atoms with van der Waals surface area (Å²) in [5.41, 5.74) is 0.996. The maximum absolute atomic E-state index is 12.3. The Morgan fingerprint density at radius 1 is 1.23 bits per heavy atom. The Morgan fingerprint density at radius 3 is 2.54 bits per heavy atom. The van der Waals surface area contributed by atoms with Crippen molar-refractivity contribution in [1.82, 2.24) is 5.32 Å². The number of quaternary nitrogens is 1. The van der Waals surface area contributed by atoms with Crippen molar-refractivity contribution in [3.63, 3.8) is 0 Å². The lowest BCUT2D eigenvalue weighted by Crippen LogP contribution is -3.11. The van der Waals surface area contributed by atoms with Crippen LogP contribution in [0.4, 0.5) is 11.4 Å². The molecule has 1 aromatic rings. The molecule has 1 fully saturated rings. The predicted octanol–water partition coefficient (Wildman–Crippen LogP) is 1.63. The van der Waals surface area contributed by atoms with E-state index < -0.39 is 0 Å². The highest BCUT2D eigenvalue weighted by molar-refractivity contribution is 5.95. The quantitative estimate of drug-likeness (QED) is 0.397. The lowest BCUT2D eigenvalue weighted by atomic mass is 10.1. The maximum atomic E-state index is 12.3. The van der Waals surface area contributed by atoms with E-state index in [1.807, 2.05) is 0 Å². The number of hydrogen-bond acceptors (Lipinski definition) is 4. The van der Waals surface area contributed by atoms with Crippen molar-refractivity contribution in [2.75, 3.05) is 44.2 Å². The molecule has 0 atom stereocenters. The van der Waals surface area contributed by atoms with Crippen LogP contribution in [0.3, 0.4) is 0 Å². The molecule has 1 aromatic carbocycles. The summed E-state index contributed by atoms with van der Waals surface area (Å²) in [7, 11) is 0. The predicted molar refractivity (Wildman–Crippen MR) is 103 cm³/mol. The van der Waals surface area contributed by atoms with Gasteiger partial charge in [0.1, 0.15) is 5.69 Å². The highest BCUT2D eigenvalue weighted by Crippen LogP contribution is 2.31. The number of benzene rings is 1. The number of piperidine rings is 1.